The van der Waals surface area contributed by atoms with Crippen molar-refractivity contribution in [3.8, 4) is 16.8 Å². The highest BCUT2D eigenvalue weighted by atomic mass is 15.0. The third-order valence-corrected chi connectivity index (χ3v) is 13.5. The molecule has 15 aromatic rings. The number of hydrogen-bond acceptors (Lipinski definition) is 1. The van der Waals surface area contributed by atoms with Crippen molar-refractivity contribution in [2.75, 3.05) is 0 Å². The minimum Gasteiger partial charge on any atom is -0.309 e. The summed E-state index contributed by atoms with van der Waals surface area (Å²) in [6, 6.07) is 65.0. The Balaban J connectivity index is 1.16. The molecule has 0 radical (unpaired) electrons. The van der Waals surface area contributed by atoms with Gasteiger partial charge in [-0.1, -0.05) is 127 Å². The standard InChI is InChI=1S/C55H30N4/c1-2-15-34(16-3-1)57-44-23-10-9-20-38(44)42-28-33(25-26-46(42)57)41-27-31-13-4-6-17-35(31)49-50-36-18-7-5-14-32(36)29-43-48-47(58(53(41)49)54(43)50)30-56-55-51(48)40-22-12-21-39-37-19-8-11-24-45(37)59(55)52(39)40/h1-30H. The molecule has 0 spiro atoms. The topological polar surface area (TPSA) is 26.6 Å². The van der Waals surface area contributed by atoms with E-state index in [1.165, 1.54) is 120 Å². The number of pyridine rings is 1. The molecule has 270 valence electrons. The van der Waals surface area contributed by atoms with Crippen LogP contribution in [-0.4, -0.2) is 18.4 Å². The predicted molar refractivity (Wildman–Crippen MR) is 248 cm³/mol. The number of para-hydroxylation sites is 4. The third kappa shape index (κ3) is 3.56. The number of nitrogens with zero attached hydrogens (tertiary/aromatic N) is 4. The molecule has 0 unspecified atom stereocenters. The van der Waals surface area contributed by atoms with E-state index in [1.807, 2.05) is 0 Å². The third-order valence-electron chi connectivity index (χ3n) is 13.5. The first-order chi connectivity index (χ1) is 29.3. The lowest BCUT2D eigenvalue weighted by Crippen LogP contribution is -1.93. The Hall–Kier alpha value is -7.95. The van der Waals surface area contributed by atoms with Gasteiger partial charge in [0.15, 0.2) is 0 Å². The second-order valence-electron chi connectivity index (χ2n) is 16.3. The molecule has 4 nitrogen and oxygen atoms in total. The molecular weight excluding hydrogens is 717 g/mol. The summed E-state index contributed by atoms with van der Waals surface area (Å²) in [6.45, 7) is 0. The van der Waals surface area contributed by atoms with Gasteiger partial charge in [0.25, 0.3) is 0 Å². The van der Waals surface area contributed by atoms with Gasteiger partial charge in [0.1, 0.15) is 5.65 Å². The van der Waals surface area contributed by atoms with Gasteiger partial charge in [-0.2, -0.15) is 0 Å². The zero-order valence-electron chi connectivity index (χ0n) is 31.6. The molecule has 4 heteroatoms. The average Bonchev–Trinajstić information content (AvgIpc) is 4.09. The molecule has 6 aromatic heterocycles. The Morgan fingerprint density at radius 3 is 1.78 bits per heavy atom. The largest absolute Gasteiger partial charge is 0.309 e. The molecule has 0 aliphatic carbocycles. The minimum atomic E-state index is 1.01. The Bertz CT molecular complexity index is 4300. The van der Waals surface area contributed by atoms with Crippen LogP contribution in [0.2, 0.25) is 0 Å². The van der Waals surface area contributed by atoms with Crippen LogP contribution in [0.3, 0.4) is 0 Å². The van der Waals surface area contributed by atoms with Crippen LogP contribution in [0.5, 0.6) is 0 Å². The summed E-state index contributed by atoms with van der Waals surface area (Å²) in [4.78, 5) is 5.43. The fourth-order valence-electron chi connectivity index (χ4n) is 11.2. The van der Waals surface area contributed by atoms with Crippen LogP contribution in [0.1, 0.15) is 0 Å². The van der Waals surface area contributed by atoms with E-state index < -0.39 is 0 Å². The first-order valence-electron chi connectivity index (χ1n) is 20.4. The molecule has 0 aliphatic heterocycles. The number of rotatable bonds is 2. The normalized spacial score (nSPS) is 12.7. The molecule has 6 heterocycles. The van der Waals surface area contributed by atoms with E-state index >= 15 is 0 Å². The Labute approximate surface area is 335 Å². The lowest BCUT2D eigenvalue weighted by atomic mass is 9.93. The molecule has 59 heavy (non-hydrogen) atoms. The van der Waals surface area contributed by atoms with Crippen molar-refractivity contribution < 1.29 is 0 Å². The molecule has 0 saturated heterocycles. The van der Waals surface area contributed by atoms with Crippen molar-refractivity contribution in [3.05, 3.63) is 182 Å². The van der Waals surface area contributed by atoms with Crippen molar-refractivity contribution in [2.45, 2.75) is 0 Å². The Morgan fingerprint density at radius 2 is 0.966 bits per heavy atom. The van der Waals surface area contributed by atoms with Crippen LogP contribution in [0, 0.1) is 0 Å². The van der Waals surface area contributed by atoms with Crippen molar-refractivity contribution in [3.63, 3.8) is 0 Å². The van der Waals surface area contributed by atoms with Gasteiger partial charge in [0.05, 0.1) is 44.8 Å². The highest BCUT2D eigenvalue weighted by Crippen LogP contribution is 2.51. The molecule has 0 fully saturated rings. The summed E-state index contributed by atoms with van der Waals surface area (Å²) in [6.07, 6.45) is 2.15. The van der Waals surface area contributed by atoms with Crippen molar-refractivity contribution >= 4 is 120 Å². The average molecular weight is 747 g/mol. The molecule has 15 rings (SSSR count). The van der Waals surface area contributed by atoms with Gasteiger partial charge in [-0.25, -0.2) is 4.98 Å². The first kappa shape index (κ1) is 30.2. The quantitative estimate of drug-likeness (QED) is 0.173. The van der Waals surface area contributed by atoms with E-state index in [4.69, 9.17) is 4.98 Å². The maximum absolute atomic E-state index is 5.43. The first-order valence-corrected chi connectivity index (χ1v) is 20.4. The van der Waals surface area contributed by atoms with E-state index in [-0.39, 0.29) is 0 Å². The zero-order valence-corrected chi connectivity index (χ0v) is 31.6. The molecular formula is C55H30N4. The summed E-state index contributed by atoms with van der Waals surface area (Å²) in [5, 5.41) is 17.7. The predicted octanol–water partition coefficient (Wildman–Crippen LogP) is 14.5. The van der Waals surface area contributed by atoms with E-state index in [2.05, 4.69) is 195 Å². The van der Waals surface area contributed by atoms with Crippen molar-refractivity contribution in [1.82, 2.24) is 18.4 Å². The van der Waals surface area contributed by atoms with Crippen LogP contribution < -0.4 is 0 Å². The van der Waals surface area contributed by atoms with Gasteiger partial charge in [0, 0.05) is 65.1 Å². The number of aromatic nitrogens is 4. The van der Waals surface area contributed by atoms with Gasteiger partial charge >= 0.3 is 0 Å². The monoisotopic (exact) mass is 746 g/mol. The van der Waals surface area contributed by atoms with Gasteiger partial charge in [-0.3, -0.25) is 4.40 Å². The van der Waals surface area contributed by atoms with Crippen LogP contribution in [0.4, 0.5) is 0 Å². The van der Waals surface area contributed by atoms with Crippen LogP contribution in [-0.2, 0) is 0 Å². The Kier molecular flexibility index (Phi) is 5.38. The van der Waals surface area contributed by atoms with Gasteiger partial charge < -0.3 is 8.97 Å². The van der Waals surface area contributed by atoms with E-state index in [0.29, 0.717) is 0 Å². The highest BCUT2D eigenvalue weighted by molar-refractivity contribution is 6.41. The molecule has 0 bridgehead atoms. The maximum Gasteiger partial charge on any atom is 0.146 e. The Morgan fingerprint density at radius 1 is 0.339 bits per heavy atom. The fourth-order valence-corrected chi connectivity index (χ4v) is 11.2. The molecule has 0 atom stereocenters. The SMILES string of the molecule is c1ccc(-n2c3ccccc3c3cc(-c4cc5ccccc5c5c6c7ccccc7cc7c8c9c%10cccc%11c%12ccccc%12n(c9ncc8n(c45)c76)c%11%10)ccc32)cc1. The molecule has 0 aliphatic rings. The number of benzene rings is 9. The van der Waals surface area contributed by atoms with Crippen LogP contribution in [0.15, 0.2) is 182 Å². The van der Waals surface area contributed by atoms with Crippen LogP contribution in [0.25, 0.3) is 136 Å². The second-order valence-corrected chi connectivity index (χ2v) is 16.3. The van der Waals surface area contributed by atoms with E-state index in [9.17, 15) is 0 Å². The fraction of sp³-hybridized carbons (Fsp3) is 0. The van der Waals surface area contributed by atoms with Gasteiger partial charge in [0.2, 0.25) is 0 Å². The van der Waals surface area contributed by atoms with Gasteiger partial charge in [-0.05, 0) is 75.6 Å². The molecule has 0 amide bonds. The lowest BCUT2D eigenvalue weighted by molar-refractivity contribution is 1.18. The maximum atomic E-state index is 5.43. The zero-order chi connectivity index (χ0) is 38.1. The molecule has 9 aromatic carbocycles. The number of hydrogen-bond donors (Lipinski definition) is 0. The minimum absolute atomic E-state index is 1.01. The van der Waals surface area contributed by atoms with E-state index in [1.54, 1.807) is 0 Å². The smallest absolute Gasteiger partial charge is 0.146 e. The van der Waals surface area contributed by atoms with E-state index in [0.717, 1.165) is 16.9 Å². The summed E-state index contributed by atoms with van der Waals surface area (Å²) in [5.41, 5.74) is 13.1. The number of fused-ring (bicyclic) bond motifs is 20. The highest BCUT2D eigenvalue weighted by Gasteiger charge is 2.28. The molecule has 0 saturated carbocycles. The van der Waals surface area contributed by atoms with Crippen LogP contribution >= 0.6 is 0 Å². The van der Waals surface area contributed by atoms with Gasteiger partial charge in [-0.15, -0.1) is 0 Å². The second kappa shape index (κ2) is 10.5. The summed E-state index contributed by atoms with van der Waals surface area (Å²) >= 11 is 0. The summed E-state index contributed by atoms with van der Waals surface area (Å²) < 4.78 is 7.37. The van der Waals surface area contributed by atoms with Crippen molar-refractivity contribution in [1.29, 1.82) is 0 Å². The lowest BCUT2D eigenvalue weighted by Gasteiger charge is -2.12. The van der Waals surface area contributed by atoms with Crippen molar-refractivity contribution in [2.24, 2.45) is 0 Å². The summed E-state index contributed by atoms with van der Waals surface area (Å²) in [7, 11) is 0. The molecule has 0 N–H and O–H groups in total. The summed E-state index contributed by atoms with van der Waals surface area (Å²) in [5.74, 6) is 0.